The summed E-state index contributed by atoms with van der Waals surface area (Å²) in [5.41, 5.74) is 0.0934. The van der Waals surface area contributed by atoms with E-state index in [0.29, 0.717) is 5.02 Å². The van der Waals surface area contributed by atoms with Crippen LogP contribution in [0.1, 0.15) is 0 Å². The molecule has 0 heterocycles. The molecule has 22 heavy (non-hydrogen) atoms. The highest BCUT2D eigenvalue weighted by Crippen LogP contribution is 2.25. The van der Waals surface area contributed by atoms with Crippen molar-refractivity contribution in [2.24, 2.45) is 0 Å². The molecule has 0 spiro atoms. The van der Waals surface area contributed by atoms with Crippen molar-refractivity contribution in [3.63, 3.8) is 0 Å². The van der Waals surface area contributed by atoms with Gasteiger partial charge >= 0.3 is 11.8 Å². The van der Waals surface area contributed by atoms with E-state index in [4.69, 9.17) is 23.2 Å². The second-order valence-corrected chi connectivity index (χ2v) is 5.00. The molecule has 0 fully saturated rings. The summed E-state index contributed by atoms with van der Waals surface area (Å²) in [7, 11) is 0. The molecule has 0 aromatic heterocycles. The first-order valence-electron chi connectivity index (χ1n) is 5.89. The van der Waals surface area contributed by atoms with Crippen LogP contribution in [-0.4, -0.2) is 11.8 Å². The summed E-state index contributed by atoms with van der Waals surface area (Å²) in [6.07, 6.45) is 0. The van der Waals surface area contributed by atoms with Crippen LogP contribution in [0.3, 0.4) is 0 Å². The van der Waals surface area contributed by atoms with Gasteiger partial charge in [-0.3, -0.25) is 9.59 Å². The van der Waals surface area contributed by atoms with Gasteiger partial charge in [-0.1, -0.05) is 23.2 Å². The van der Waals surface area contributed by atoms with E-state index in [9.17, 15) is 18.4 Å². The van der Waals surface area contributed by atoms with E-state index < -0.39 is 23.4 Å². The van der Waals surface area contributed by atoms with Crippen LogP contribution in [0.15, 0.2) is 36.4 Å². The molecule has 114 valence electrons. The predicted molar refractivity (Wildman–Crippen MR) is 80.1 cm³/mol. The molecule has 4 nitrogen and oxygen atoms in total. The van der Waals surface area contributed by atoms with Crippen molar-refractivity contribution >= 4 is 46.4 Å². The molecule has 2 aromatic rings. The van der Waals surface area contributed by atoms with E-state index in [1.54, 1.807) is 0 Å². The van der Waals surface area contributed by atoms with E-state index in [1.165, 1.54) is 18.2 Å². The zero-order chi connectivity index (χ0) is 16.3. The van der Waals surface area contributed by atoms with Gasteiger partial charge in [0.2, 0.25) is 0 Å². The lowest BCUT2D eigenvalue weighted by Gasteiger charge is -2.08. The summed E-state index contributed by atoms with van der Waals surface area (Å²) in [5, 5.41) is 4.91. The number of carbonyl (C=O) groups excluding carboxylic acids is 2. The molecule has 2 rings (SSSR count). The average Bonchev–Trinajstić information content (AvgIpc) is 2.46. The van der Waals surface area contributed by atoms with Gasteiger partial charge in [-0.05, 0) is 30.3 Å². The second-order valence-electron chi connectivity index (χ2n) is 4.16. The molecule has 2 aromatic carbocycles. The van der Waals surface area contributed by atoms with Gasteiger partial charge in [-0.25, -0.2) is 8.78 Å². The Morgan fingerprint density at radius 2 is 1.55 bits per heavy atom. The molecule has 8 heteroatoms. The quantitative estimate of drug-likeness (QED) is 0.813. The minimum absolute atomic E-state index is 0.0590. The summed E-state index contributed by atoms with van der Waals surface area (Å²) in [6, 6.07) is 7.04. The van der Waals surface area contributed by atoms with Crippen LogP contribution in [-0.2, 0) is 9.59 Å². The summed E-state index contributed by atoms with van der Waals surface area (Å²) in [4.78, 5) is 23.4. The summed E-state index contributed by atoms with van der Waals surface area (Å²) >= 11 is 11.6. The lowest BCUT2D eigenvalue weighted by atomic mass is 10.3. The van der Waals surface area contributed by atoms with E-state index in [0.717, 1.165) is 18.2 Å². The fourth-order valence-corrected chi connectivity index (χ4v) is 1.87. The Hall–Kier alpha value is -2.18. The smallest absolute Gasteiger partial charge is 0.314 e. The minimum Gasteiger partial charge on any atom is -0.318 e. The molecule has 0 unspecified atom stereocenters. The molecule has 0 saturated heterocycles. The van der Waals surface area contributed by atoms with Crippen molar-refractivity contribution < 1.29 is 18.4 Å². The first kappa shape index (κ1) is 16.2. The van der Waals surface area contributed by atoms with Gasteiger partial charge in [-0.15, -0.1) is 0 Å². The van der Waals surface area contributed by atoms with Gasteiger partial charge in [0.25, 0.3) is 0 Å². The predicted octanol–water partition coefficient (Wildman–Crippen LogP) is 3.85. The van der Waals surface area contributed by atoms with E-state index in [-0.39, 0.29) is 16.4 Å². The van der Waals surface area contributed by atoms with Crippen molar-refractivity contribution in [3.8, 4) is 0 Å². The Bertz CT molecular complexity index is 754. The van der Waals surface area contributed by atoms with Gasteiger partial charge < -0.3 is 10.6 Å². The third-order valence-electron chi connectivity index (χ3n) is 2.56. The standard InChI is InChI=1S/C14H8Cl2F2N2O2/c15-7-1-3-9(16)12(5-7)20-14(22)13(21)19-8-2-4-10(17)11(18)6-8/h1-6H,(H,19,21)(H,20,22). The highest BCUT2D eigenvalue weighted by Gasteiger charge is 2.16. The summed E-state index contributed by atoms with van der Waals surface area (Å²) in [6.45, 7) is 0. The third kappa shape index (κ3) is 3.93. The van der Waals surface area contributed by atoms with Crippen molar-refractivity contribution in [1.29, 1.82) is 0 Å². The number of nitrogens with one attached hydrogen (secondary N) is 2. The molecule has 0 saturated carbocycles. The second kappa shape index (κ2) is 6.72. The Morgan fingerprint density at radius 1 is 0.864 bits per heavy atom. The summed E-state index contributed by atoms with van der Waals surface area (Å²) in [5.74, 6) is -4.31. The van der Waals surface area contributed by atoms with Crippen LogP contribution in [0.4, 0.5) is 20.2 Å². The van der Waals surface area contributed by atoms with Crippen molar-refractivity contribution in [1.82, 2.24) is 0 Å². The number of hydrogen-bond acceptors (Lipinski definition) is 2. The van der Waals surface area contributed by atoms with Crippen molar-refractivity contribution in [2.45, 2.75) is 0 Å². The highest BCUT2D eigenvalue weighted by atomic mass is 35.5. The molecule has 0 bridgehead atoms. The summed E-state index contributed by atoms with van der Waals surface area (Å²) < 4.78 is 25.8. The van der Waals surface area contributed by atoms with Crippen LogP contribution < -0.4 is 10.6 Å². The van der Waals surface area contributed by atoms with Crippen LogP contribution in [0.25, 0.3) is 0 Å². The van der Waals surface area contributed by atoms with Crippen molar-refractivity contribution in [3.05, 3.63) is 58.1 Å². The fourth-order valence-electron chi connectivity index (χ4n) is 1.53. The number of amides is 2. The fraction of sp³-hybridized carbons (Fsp3) is 0. The Labute approximate surface area is 134 Å². The maximum absolute atomic E-state index is 13.0. The molecule has 0 radical (unpaired) electrons. The maximum Gasteiger partial charge on any atom is 0.314 e. The Kier molecular flexibility index (Phi) is 4.95. The van der Waals surface area contributed by atoms with Gasteiger partial charge in [0, 0.05) is 16.8 Å². The van der Waals surface area contributed by atoms with E-state index >= 15 is 0 Å². The molecule has 0 aliphatic heterocycles. The van der Waals surface area contributed by atoms with Crippen LogP contribution in [0.5, 0.6) is 0 Å². The molecule has 0 aliphatic rings. The van der Waals surface area contributed by atoms with E-state index in [2.05, 4.69) is 10.6 Å². The largest absolute Gasteiger partial charge is 0.318 e. The number of halogens is 4. The number of rotatable bonds is 2. The Balaban J connectivity index is 2.07. The van der Waals surface area contributed by atoms with Crippen LogP contribution >= 0.6 is 23.2 Å². The monoisotopic (exact) mass is 344 g/mol. The zero-order valence-electron chi connectivity index (χ0n) is 10.8. The normalized spacial score (nSPS) is 10.2. The Morgan fingerprint density at radius 3 is 2.23 bits per heavy atom. The maximum atomic E-state index is 13.0. The van der Waals surface area contributed by atoms with Crippen LogP contribution in [0, 0.1) is 11.6 Å². The van der Waals surface area contributed by atoms with Crippen LogP contribution in [0.2, 0.25) is 10.0 Å². The first-order chi connectivity index (χ1) is 10.4. The number of anilines is 2. The molecule has 2 amide bonds. The van der Waals surface area contributed by atoms with E-state index in [1.807, 2.05) is 0 Å². The van der Waals surface area contributed by atoms with Gasteiger partial charge in [0.1, 0.15) is 0 Å². The lowest BCUT2D eigenvalue weighted by molar-refractivity contribution is -0.132. The van der Waals surface area contributed by atoms with Gasteiger partial charge in [0.05, 0.1) is 10.7 Å². The van der Waals surface area contributed by atoms with Crippen molar-refractivity contribution in [2.75, 3.05) is 10.6 Å². The minimum atomic E-state index is -1.14. The zero-order valence-corrected chi connectivity index (χ0v) is 12.3. The molecule has 2 N–H and O–H groups in total. The van der Waals surface area contributed by atoms with Gasteiger partial charge in [0.15, 0.2) is 11.6 Å². The lowest BCUT2D eigenvalue weighted by Crippen LogP contribution is -2.29. The number of hydrogen-bond donors (Lipinski definition) is 2. The average molecular weight is 345 g/mol. The molecule has 0 aliphatic carbocycles. The SMILES string of the molecule is O=C(Nc1ccc(F)c(F)c1)C(=O)Nc1cc(Cl)ccc1Cl. The molecular weight excluding hydrogens is 337 g/mol. The first-order valence-corrected chi connectivity index (χ1v) is 6.65. The van der Waals surface area contributed by atoms with Gasteiger partial charge in [-0.2, -0.15) is 0 Å². The third-order valence-corrected chi connectivity index (χ3v) is 3.12. The number of benzene rings is 2. The highest BCUT2D eigenvalue weighted by molar-refractivity contribution is 6.45. The molecule has 0 atom stereocenters. The molecular formula is C14H8Cl2F2N2O2. The number of carbonyl (C=O) groups is 2. The topological polar surface area (TPSA) is 58.2 Å².